The lowest BCUT2D eigenvalue weighted by molar-refractivity contribution is -0.286. The molecule has 0 aliphatic carbocycles. The summed E-state index contributed by atoms with van der Waals surface area (Å²) >= 11 is 1.17. The molecule has 1 amide bonds. The molecule has 0 spiro atoms. The number of alkyl halides is 2. The van der Waals surface area contributed by atoms with Crippen LogP contribution in [0, 0.1) is 6.92 Å². The van der Waals surface area contributed by atoms with E-state index in [2.05, 4.69) is 14.5 Å². The third-order valence-corrected chi connectivity index (χ3v) is 3.52. The second kappa shape index (κ2) is 4.55. The molecule has 1 aromatic heterocycles. The van der Waals surface area contributed by atoms with Gasteiger partial charge in [-0.3, -0.25) is 4.57 Å². The summed E-state index contributed by atoms with van der Waals surface area (Å²) in [6.45, 7) is 1.78. The Labute approximate surface area is 120 Å². The maximum atomic E-state index is 13.0. The highest BCUT2D eigenvalue weighted by atomic mass is 32.1. The van der Waals surface area contributed by atoms with Crippen LogP contribution in [-0.2, 0) is 0 Å². The first-order chi connectivity index (χ1) is 9.84. The summed E-state index contributed by atoms with van der Waals surface area (Å²) in [5, 5.41) is 8.75. The molecule has 1 N–H and O–H groups in total. The zero-order chi connectivity index (χ0) is 15.2. The minimum Gasteiger partial charge on any atom is -0.463 e. The molecule has 1 aliphatic rings. The van der Waals surface area contributed by atoms with Gasteiger partial charge in [0.05, 0.1) is 5.69 Å². The molecule has 9 heteroatoms. The Morgan fingerprint density at radius 2 is 2.10 bits per heavy atom. The van der Waals surface area contributed by atoms with Gasteiger partial charge in [0, 0.05) is 17.1 Å². The maximum Gasteiger partial charge on any atom is 0.586 e. The quantitative estimate of drug-likeness (QED) is 0.878. The molecule has 0 saturated carbocycles. The van der Waals surface area contributed by atoms with Crippen LogP contribution in [0.3, 0.4) is 0 Å². The van der Waals surface area contributed by atoms with Gasteiger partial charge >= 0.3 is 12.4 Å². The number of carbonyl (C=O) groups is 1. The maximum absolute atomic E-state index is 13.0. The number of fused-ring (bicyclic) bond motifs is 1. The molecule has 6 nitrogen and oxygen atoms in total. The fourth-order valence-corrected chi connectivity index (χ4v) is 2.71. The lowest BCUT2D eigenvalue weighted by Crippen LogP contribution is -2.25. The van der Waals surface area contributed by atoms with E-state index in [-0.39, 0.29) is 16.3 Å². The molecule has 0 radical (unpaired) electrons. The lowest BCUT2D eigenvalue weighted by Gasteiger charge is -2.04. The minimum atomic E-state index is -3.69. The fourth-order valence-electron chi connectivity index (χ4n) is 1.89. The topological polar surface area (TPSA) is 73.0 Å². The van der Waals surface area contributed by atoms with Crippen LogP contribution in [0.1, 0.15) is 4.88 Å². The summed E-state index contributed by atoms with van der Waals surface area (Å²) in [5.41, 5.74) is 0.444. The molecule has 2 heterocycles. The molecular weight excluding hydrogens is 306 g/mol. The standard InChI is InChI=1S/C12H8F2N2O4S/c1-6-5-16(10(21-6)15-11(17)18)7-2-3-8-9(4-7)20-12(13,14)19-8/h2-5H,1H3,(H,17,18). The van der Waals surface area contributed by atoms with Crippen LogP contribution in [-0.4, -0.2) is 22.1 Å². The molecule has 3 rings (SSSR count). The van der Waals surface area contributed by atoms with Crippen molar-refractivity contribution in [2.75, 3.05) is 0 Å². The SMILES string of the molecule is Cc1cn(-c2ccc3c(c2)OC(F)(F)O3)c(=NC(=O)O)s1. The molecule has 1 aromatic carbocycles. The van der Waals surface area contributed by atoms with Gasteiger partial charge in [0.1, 0.15) is 0 Å². The average Bonchev–Trinajstić information content (AvgIpc) is 2.85. The molecule has 1 aliphatic heterocycles. The first-order valence-corrected chi connectivity index (χ1v) is 6.53. The van der Waals surface area contributed by atoms with Gasteiger partial charge in [-0.1, -0.05) is 0 Å². The highest BCUT2D eigenvalue weighted by molar-refractivity contribution is 7.09. The number of thiazole rings is 1. The molecule has 0 bridgehead atoms. The van der Waals surface area contributed by atoms with Gasteiger partial charge in [-0.25, -0.2) is 4.79 Å². The molecule has 0 saturated heterocycles. The Bertz CT molecular complexity index is 797. The smallest absolute Gasteiger partial charge is 0.463 e. The van der Waals surface area contributed by atoms with Crippen LogP contribution in [0.25, 0.3) is 5.69 Å². The number of rotatable bonds is 1. The Morgan fingerprint density at radius 3 is 2.81 bits per heavy atom. The zero-order valence-corrected chi connectivity index (χ0v) is 11.4. The summed E-state index contributed by atoms with van der Waals surface area (Å²) in [4.78, 5) is 15.2. The van der Waals surface area contributed by atoms with Crippen LogP contribution >= 0.6 is 11.3 Å². The number of aromatic nitrogens is 1. The molecule has 0 unspecified atom stereocenters. The number of hydrogen-bond donors (Lipinski definition) is 1. The van der Waals surface area contributed by atoms with Crippen molar-refractivity contribution in [2.45, 2.75) is 13.2 Å². The van der Waals surface area contributed by atoms with Gasteiger partial charge in [0.15, 0.2) is 11.5 Å². The predicted molar refractivity (Wildman–Crippen MR) is 68.2 cm³/mol. The first kappa shape index (κ1) is 13.6. The highest BCUT2D eigenvalue weighted by Crippen LogP contribution is 2.41. The highest BCUT2D eigenvalue weighted by Gasteiger charge is 2.43. The van der Waals surface area contributed by atoms with E-state index in [1.807, 2.05) is 0 Å². The number of amides is 1. The summed E-state index contributed by atoms with van der Waals surface area (Å²) in [7, 11) is 0. The largest absolute Gasteiger partial charge is 0.586 e. The van der Waals surface area contributed by atoms with Crippen molar-refractivity contribution in [3.05, 3.63) is 34.1 Å². The molecule has 2 aromatic rings. The number of nitrogens with zero attached hydrogens (tertiary/aromatic N) is 2. The third kappa shape index (κ3) is 2.59. The number of carboxylic acid groups (broad SMARTS) is 1. The Hall–Kier alpha value is -2.42. The monoisotopic (exact) mass is 314 g/mol. The zero-order valence-electron chi connectivity index (χ0n) is 10.5. The predicted octanol–water partition coefficient (Wildman–Crippen LogP) is 2.75. The van der Waals surface area contributed by atoms with Crippen LogP contribution in [0.4, 0.5) is 13.6 Å². The van der Waals surface area contributed by atoms with E-state index in [0.29, 0.717) is 5.69 Å². The van der Waals surface area contributed by atoms with Crippen LogP contribution in [0.2, 0.25) is 0 Å². The molecular formula is C12H8F2N2O4S. The van der Waals surface area contributed by atoms with Crippen LogP contribution in [0.5, 0.6) is 11.5 Å². The molecule has 0 atom stereocenters. The number of halogens is 2. The van der Waals surface area contributed by atoms with Gasteiger partial charge < -0.3 is 14.6 Å². The normalized spacial score (nSPS) is 16.2. The second-order valence-electron chi connectivity index (χ2n) is 4.19. The van der Waals surface area contributed by atoms with Crippen molar-refractivity contribution in [3.8, 4) is 17.2 Å². The lowest BCUT2D eigenvalue weighted by atomic mass is 10.3. The summed E-state index contributed by atoms with van der Waals surface area (Å²) in [5.74, 6) is -0.192. The van der Waals surface area contributed by atoms with Crippen molar-refractivity contribution in [2.24, 2.45) is 4.99 Å². The second-order valence-corrected chi connectivity index (χ2v) is 5.40. The van der Waals surface area contributed by atoms with Gasteiger partial charge in [0.25, 0.3) is 0 Å². The van der Waals surface area contributed by atoms with E-state index in [0.717, 1.165) is 4.88 Å². The van der Waals surface area contributed by atoms with Crippen molar-refractivity contribution in [1.29, 1.82) is 0 Å². The van der Waals surface area contributed by atoms with E-state index >= 15 is 0 Å². The summed E-state index contributed by atoms with van der Waals surface area (Å²) in [6.07, 6.45) is -3.37. The van der Waals surface area contributed by atoms with Crippen molar-refractivity contribution in [3.63, 3.8) is 0 Å². The minimum absolute atomic E-state index is 0.0759. The van der Waals surface area contributed by atoms with Crippen molar-refractivity contribution in [1.82, 2.24) is 4.57 Å². The van der Waals surface area contributed by atoms with Gasteiger partial charge in [0.2, 0.25) is 4.80 Å². The Morgan fingerprint density at radius 1 is 1.38 bits per heavy atom. The van der Waals surface area contributed by atoms with Gasteiger partial charge in [-0.2, -0.15) is 0 Å². The number of ether oxygens (including phenoxy) is 2. The first-order valence-electron chi connectivity index (χ1n) is 5.71. The van der Waals surface area contributed by atoms with Crippen molar-refractivity contribution < 1.29 is 28.2 Å². The third-order valence-electron chi connectivity index (χ3n) is 2.62. The Kier molecular flexibility index (Phi) is 2.94. The van der Waals surface area contributed by atoms with Crippen molar-refractivity contribution >= 4 is 17.4 Å². The van der Waals surface area contributed by atoms with E-state index in [4.69, 9.17) is 5.11 Å². The fraction of sp³-hybridized carbons (Fsp3) is 0.167. The van der Waals surface area contributed by atoms with E-state index < -0.39 is 12.4 Å². The number of aryl methyl sites for hydroxylation is 1. The van der Waals surface area contributed by atoms with Gasteiger partial charge in [-0.15, -0.1) is 25.1 Å². The molecule has 21 heavy (non-hydrogen) atoms. The molecule has 0 fully saturated rings. The number of hydrogen-bond acceptors (Lipinski definition) is 4. The summed E-state index contributed by atoms with van der Waals surface area (Å²) < 4.78 is 36.1. The Balaban J connectivity index is 2.10. The summed E-state index contributed by atoms with van der Waals surface area (Å²) in [6, 6.07) is 4.18. The van der Waals surface area contributed by atoms with E-state index in [1.54, 1.807) is 13.1 Å². The van der Waals surface area contributed by atoms with E-state index in [1.165, 1.54) is 34.1 Å². The average molecular weight is 314 g/mol. The van der Waals surface area contributed by atoms with Crippen LogP contribution in [0.15, 0.2) is 29.4 Å². The van der Waals surface area contributed by atoms with Gasteiger partial charge in [-0.05, 0) is 19.1 Å². The van der Waals surface area contributed by atoms with E-state index in [9.17, 15) is 13.6 Å². The molecule has 110 valence electrons. The number of benzene rings is 1. The van der Waals surface area contributed by atoms with Crippen LogP contribution < -0.4 is 14.3 Å².